The molecule has 2 aromatic carbocycles. The van der Waals surface area contributed by atoms with Crippen molar-refractivity contribution in [3.63, 3.8) is 0 Å². The zero-order valence-corrected chi connectivity index (χ0v) is 40.1. The van der Waals surface area contributed by atoms with Gasteiger partial charge in [0.15, 0.2) is 0 Å². The summed E-state index contributed by atoms with van der Waals surface area (Å²) in [5, 5.41) is 2.86. The average molecular weight is 826 g/mol. The summed E-state index contributed by atoms with van der Waals surface area (Å²) in [5.74, 6) is 0. The molecule has 0 spiro atoms. The van der Waals surface area contributed by atoms with Crippen molar-refractivity contribution in [2.24, 2.45) is 0 Å². The van der Waals surface area contributed by atoms with E-state index in [-0.39, 0.29) is 0 Å². The van der Waals surface area contributed by atoms with E-state index in [1.165, 1.54) is 170 Å². The van der Waals surface area contributed by atoms with E-state index in [2.05, 4.69) is 92.7 Å². The van der Waals surface area contributed by atoms with E-state index in [1.54, 1.807) is 0 Å². The minimum atomic E-state index is 0.920. The van der Waals surface area contributed by atoms with Crippen molar-refractivity contribution >= 4 is 11.4 Å². The van der Waals surface area contributed by atoms with Crippen LogP contribution in [-0.2, 0) is 53.0 Å². The summed E-state index contributed by atoms with van der Waals surface area (Å²) in [4.78, 5) is 0. The third-order valence-electron chi connectivity index (χ3n) is 12.2. The molecule has 1 aliphatic heterocycles. The first-order valence-corrected chi connectivity index (χ1v) is 26.0. The minimum absolute atomic E-state index is 0.920. The molecule has 0 unspecified atom stereocenters. The predicted octanol–water partition coefficient (Wildman–Crippen LogP) is 18.0. The van der Waals surface area contributed by atoms with E-state index < -0.39 is 0 Å². The number of hydrogen-bond donors (Lipinski definition) is 0. The Balaban J connectivity index is 0.000000428. The van der Waals surface area contributed by atoms with Crippen LogP contribution in [0.25, 0.3) is 16.9 Å². The molecule has 1 aliphatic rings. The van der Waals surface area contributed by atoms with Gasteiger partial charge in [-0.25, -0.2) is 4.70 Å². The fourth-order valence-electron chi connectivity index (χ4n) is 8.69. The Morgan fingerprint density at radius 2 is 0.772 bits per heavy atom. The molecule has 3 rings (SSSR count). The summed E-state index contributed by atoms with van der Waals surface area (Å²) in [7, 11) is 0. The standard InChI is InChI=1S/C32H44N2.2C11H23.Ni/c1-8-15-16-26-21-31(27-17-22(9-2)29(13-6)23(10-3)18-27)34(33)32(26)28-19-24(11-4)30(14-7)25(12-5)20-28;2*1-3-5-7-9-11-10-8-6-4-2;/h17-21H,8-16H2,1-7H3;2*1,3-11H2,2H3;. The molecule has 3 heteroatoms. The molecule has 0 radical (unpaired) electrons. The van der Waals surface area contributed by atoms with Crippen molar-refractivity contribution in [1.29, 1.82) is 0 Å². The molecule has 1 heterocycles. The molecule has 57 heavy (non-hydrogen) atoms. The molecule has 0 aromatic heterocycles. The van der Waals surface area contributed by atoms with Gasteiger partial charge in [-0.1, -0.05) is 54.9 Å². The molecule has 2 nitrogen and oxygen atoms in total. The van der Waals surface area contributed by atoms with Gasteiger partial charge in [-0.05, 0) is 109 Å². The van der Waals surface area contributed by atoms with Crippen molar-refractivity contribution in [2.45, 2.75) is 246 Å². The van der Waals surface area contributed by atoms with E-state index >= 15 is 0 Å². The normalized spacial score (nSPS) is 12.8. The molecule has 0 aliphatic carbocycles. The first-order chi connectivity index (χ1) is 27.9. The molecule has 0 N–H and O–H groups in total. The fourth-order valence-corrected chi connectivity index (χ4v) is 9.92. The first kappa shape index (κ1) is 51.2. The van der Waals surface area contributed by atoms with Crippen LogP contribution in [0.1, 0.15) is 242 Å². The molecule has 326 valence electrons. The van der Waals surface area contributed by atoms with E-state index in [4.69, 9.17) is 0 Å². The van der Waals surface area contributed by atoms with Crippen LogP contribution in [0.2, 0.25) is 10.8 Å². The van der Waals surface area contributed by atoms with Crippen LogP contribution in [0.15, 0.2) is 35.9 Å². The van der Waals surface area contributed by atoms with Crippen LogP contribution < -0.4 is 0 Å². The van der Waals surface area contributed by atoms with Crippen molar-refractivity contribution in [3.8, 4) is 0 Å². The maximum absolute atomic E-state index is 11.6. The van der Waals surface area contributed by atoms with Crippen LogP contribution in [0, 0.1) is 0 Å². The van der Waals surface area contributed by atoms with Crippen molar-refractivity contribution in [3.05, 3.63) is 86.0 Å². The van der Waals surface area contributed by atoms with Gasteiger partial charge in [0.1, 0.15) is 0 Å². The summed E-state index contributed by atoms with van der Waals surface area (Å²) >= 11 is 2.03. The zero-order chi connectivity index (χ0) is 41.7. The summed E-state index contributed by atoms with van der Waals surface area (Å²) < 4.78 is 1.49. The van der Waals surface area contributed by atoms with Gasteiger partial charge >= 0.3 is 155 Å². The second-order valence-corrected chi connectivity index (χ2v) is 18.1. The molecule has 0 saturated heterocycles. The molecular weight excluding hydrogens is 735 g/mol. The number of benzene rings is 2. The summed E-state index contributed by atoms with van der Waals surface area (Å²) in [6.07, 6.45) is 38.0. The van der Waals surface area contributed by atoms with Crippen molar-refractivity contribution in [2.75, 3.05) is 0 Å². The maximum atomic E-state index is 11.6. The number of rotatable bonds is 31. The number of unbranched alkanes of at least 4 members (excludes halogenated alkanes) is 17. The van der Waals surface area contributed by atoms with Gasteiger partial charge in [0.25, 0.3) is 0 Å². The van der Waals surface area contributed by atoms with E-state index in [1.807, 2.05) is 14.4 Å². The molecule has 0 bridgehead atoms. The number of allylic oxidation sites excluding steroid dienone is 2. The van der Waals surface area contributed by atoms with Crippen molar-refractivity contribution in [1.82, 2.24) is 0 Å². The van der Waals surface area contributed by atoms with Gasteiger partial charge in [-0.15, -0.1) is 0 Å². The quantitative estimate of drug-likeness (QED) is 0.0411. The Labute approximate surface area is 361 Å². The van der Waals surface area contributed by atoms with Crippen LogP contribution >= 0.6 is 0 Å². The van der Waals surface area contributed by atoms with Gasteiger partial charge in [-0.3, -0.25) is 0 Å². The number of aryl methyl sites for hydroxylation is 4. The number of nitrogens with zero attached hydrogens (tertiary/aromatic N) is 2. The Hall–Kier alpha value is -1.99. The SMILES string of the molecule is CCCCC1=C(c2cc(CC)c(CC)c(CC)c2)[N+](=[N-])C(c2cc(CC)c(CC)c(CC)c2)=C1.CCCCCCCCCC[CH2][Ni][CH2]CCCCCCCCCC. The zero-order valence-electron chi connectivity index (χ0n) is 39.1. The Bertz CT molecular complexity index is 1390. The second kappa shape index (κ2) is 31.9. The van der Waals surface area contributed by atoms with Crippen LogP contribution in [0.3, 0.4) is 0 Å². The third kappa shape index (κ3) is 18.0. The number of hydrogen-bond acceptors (Lipinski definition) is 0. The Kier molecular flexibility index (Phi) is 28.6. The average Bonchev–Trinajstić information content (AvgIpc) is 3.57. The molecule has 0 atom stereocenters. The second-order valence-electron chi connectivity index (χ2n) is 16.6. The van der Waals surface area contributed by atoms with Gasteiger partial charge in [0.2, 0.25) is 11.4 Å². The van der Waals surface area contributed by atoms with Gasteiger partial charge < -0.3 is 5.53 Å². The summed E-state index contributed by atoms with van der Waals surface area (Å²) in [6, 6.07) is 9.27. The first-order valence-electron chi connectivity index (χ1n) is 24.6. The Morgan fingerprint density at radius 1 is 0.421 bits per heavy atom. The van der Waals surface area contributed by atoms with Gasteiger partial charge in [0.05, 0.1) is 0 Å². The van der Waals surface area contributed by atoms with Crippen molar-refractivity contribution < 1.29 is 19.1 Å². The predicted molar refractivity (Wildman–Crippen MR) is 251 cm³/mol. The van der Waals surface area contributed by atoms with E-state index in [0.717, 1.165) is 80.3 Å². The fraction of sp³-hybridized carbons (Fsp3) is 0.704. The van der Waals surface area contributed by atoms with Gasteiger partial charge in [0, 0.05) is 22.8 Å². The van der Waals surface area contributed by atoms with Gasteiger partial charge in [-0.2, -0.15) is 0 Å². The molecular formula is C54H90N2Ni. The molecule has 0 amide bonds. The van der Waals surface area contributed by atoms with Crippen LogP contribution in [0.5, 0.6) is 0 Å². The topological polar surface area (TPSA) is 25.3 Å². The van der Waals surface area contributed by atoms with Crippen LogP contribution in [-0.4, -0.2) is 4.70 Å². The van der Waals surface area contributed by atoms with E-state index in [9.17, 15) is 5.53 Å². The molecule has 0 fully saturated rings. The molecule has 0 saturated carbocycles. The Morgan fingerprint density at radius 3 is 1.12 bits per heavy atom. The monoisotopic (exact) mass is 825 g/mol. The molecule has 2 aromatic rings. The van der Waals surface area contributed by atoms with Crippen LogP contribution in [0.4, 0.5) is 0 Å². The van der Waals surface area contributed by atoms with E-state index in [0.29, 0.717) is 0 Å². The summed E-state index contributed by atoms with van der Waals surface area (Å²) in [6.45, 7) is 20.3. The summed E-state index contributed by atoms with van der Waals surface area (Å²) in [5.41, 5.74) is 25.7. The third-order valence-corrected chi connectivity index (χ3v) is 13.6.